The Morgan fingerprint density at radius 2 is 1.74 bits per heavy atom. The molecule has 2 N–H and O–H groups in total. The number of rotatable bonds is 13. The van der Waals surface area contributed by atoms with E-state index in [2.05, 4.69) is 0 Å². The van der Waals surface area contributed by atoms with Gasteiger partial charge in [0.25, 0.3) is 0 Å². The lowest BCUT2D eigenvalue weighted by Gasteiger charge is -2.16. The maximum Gasteiger partial charge on any atom is 0.303 e. The van der Waals surface area contributed by atoms with Crippen LogP contribution < -0.4 is 4.74 Å². The van der Waals surface area contributed by atoms with E-state index in [9.17, 15) is 15.0 Å². The highest BCUT2D eigenvalue weighted by Gasteiger charge is 2.13. The van der Waals surface area contributed by atoms with Gasteiger partial charge in [0.2, 0.25) is 0 Å². The maximum absolute atomic E-state index is 11.4. The SMILES string of the molecule is COc1ccc(COCC[C@@H](O)C[C@@H](O)C/C=C/[C@@H](OC(C)=O)c2ccccc2)cc1. The molecule has 6 heteroatoms. The van der Waals surface area contributed by atoms with E-state index < -0.39 is 18.3 Å². The molecule has 168 valence electrons. The highest BCUT2D eigenvalue weighted by molar-refractivity contribution is 5.66. The third kappa shape index (κ3) is 9.79. The van der Waals surface area contributed by atoms with Gasteiger partial charge in [-0.05, 0) is 48.6 Å². The molecule has 0 aliphatic carbocycles. The topological polar surface area (TPSA) is 85.2 Å². The van der Waals surface area contributed by atoms with Gasteiger partial charge in [-0.25, -0.2) is 0 Å². The van der Waals surface area contributed by atoms with E-state index in [4.69, 9.17) is 14.2 Å². The van der Waals surface area contributed by atoms with Crippen LogP contribution in [0.25, 0.3) is 0 Å². The molecule has 0 bridgehead atoms. The van der Waals surface area contributed by atoms with Crippen LogP contribution in [0.5, 0.6) is 5.75 Å². The van der Waals surface area contributed by atoms with Crippen LogP contribution in [-0.4, -0.2) is 42.1 Å². The quantitative estimate of drug-likeness (QED) is 0.285. The number of hydrogen-bond acceptors (Lipinski definition) is 6. The molecule has 0 aliphatic heterocycles. The van der Waals surface area contributed by atoms with Crippen molar-refractivity contribution in [3.8, 4) is 5.75 Å². The number of aliphatic hydroxyl groups is 2. The highest BCUT2D eigenvalue weighted by atomic mass is 16.5. The van der Waals surface area contributed by atoms with Gasteiger partial charge in [-0.1, -0.05) is 48.5 Å². The van der Waals surface area contributed by atoms with E-state index in [0.29, 0.717) is 26.1 Å². The molecule has 0 unspecified atom stereocenters. The molecular formula is C25H32O6. The molecule has 0 aromatic heterocycles. The predicted octanol–water partition coefficient (Wildman–Crippen LogP) is 3.96. The minimum atomic E-state index is -0.693. The first-order valence-corrected chi connectivity index (χ1v) is 10.4. The van der Waals surface area contributed by atoms with Crippen LogP contribution in [-0.2, 0) is 20.9 Å². The summed E-state index contributed by atoms with van der Waals surface area (Å²) >= 11 is 0. The zero-order valence-electron chi connectivity index (χ0n) is 18.1. The van der Waals surface area contributed by atoms with E-state index in [1.807, 2.05) is 54.6 Å². The first-order valence-electron chi connectivity index (χ1n) is 10.4. The zero-order valence-corrected chi connectivity index (χ0v) is 18.1. The van der Waals surface area contributed by atoms with Crippen molar-refractivity contribution < 1.29 is 29.2 Å². The summed E-state index contributed by atoms with van der Waals surface area (Å²) in [6.45, 7) is 2.23. The summed E-state index contributed by atoms with van der Waals surface area (Å²) in [5, 5.41) is 20.3. The van der Waals surface area contributed by atoms with Gasteiger partial charge in [0.15, 0.2) is 0 Å². The first-order chi connectivity index (χ1) is 15.0. The number of aliphatic hydroxyl groups excluding tert-OH is 2. The zero-order chi connectivity index (χ0) is 22.5. The van der Waals surface area contributed by atoms with Crippen LogP contribution in [0.2, 0.25) is 0 Å². The molecule has 31 heavy (non-hydrogen) atoms. The van der Waals surface area contributed by atoms with Crippen molar-refractivity contribution in [2.75, 3.05) is 13.7 Å². The molecule has 2 rings (SSSR count). The van der Waals surface area contributed by atoms with E-state index >= 15 is 0 Å². The molecule has 0 radical (unpaired) electrons. The summed E-state index contributed by atoms with van der Waals surface area (Å²) in [5.41, 5.74) is 1.89. The predicted molar refractivity (Wildman–Crippen MR) is 119 cm³/mol. The molecule has 0 saturated carbocycles. The Hall–Kier alpha value is -2.67. The summed E-state index contributed by atoms with van der Waals surface area (Å²) in [7, 11) is 1.62. The monoisotopic (exact) mass is 428 g/mol. The second kappa shape index (κ2) is 13.6. The summed E-state index contributed by atoms with van der Waals surface area (Å²) < 4.78 is 16.1. The Bertz CT molecular complexity index is 787. The first kappa shape index (κ1) is 24.6. The van der Waals surface area contributed by atoms with Gasteiger partial charge in [0.1, 0.15) is 11.9 Å². The largest absolute Gasteiger partial charge is 0.497 e. The number of esters is 1. The number of ether oxygens (including phenoxy) is 3. The average molecular weight is 429 g/mol. The van der Waals surface area contributed by atoms with Crippen LogP contribution in [0.15, 0.2) is 66.7 Å². The normalized spacial score (nSPS) is 14.2. The van der Waals surface area contributed by atoms with Crippen molar-refractivity contribution in [3.05, 3.63) is 77.9 Å². The minimum absolute atomic E-state index is 0.250. The summed E-state index contributed by atoms with van der Waals surface area (Å²) in [6.07, 6.45) is 2.73. The molecule has 0 heterocycles. The molecule has 0 amide bonds. The van der Waals surface area contributed by atoms with Crippen molar-refractivity contribution in [1.82, 2.24) is 0 Å². The maximum atomic E-state index is 11.4. The van der Waals surface area contributed by atoms with Gasteiger partial charge in [-0.3, -0.25) is 4.79 Å². The Morgan fingerprint density at radius 3 is 2.39 bits per heavy atom. The Kier molecular flexibility index (Phi) is 10.8. The molecule has 0 aliphatic rings. The lowest BCUT2D eigenvalue weighted by Crippen LogP contribution is -2.19. The van der Waals surface area contributed by atoms with Crippen molar-refractivity contribution >= 4 is 5.97 Å². The Morgan fingerprint density at radius 1 is 1.03 bits per heavy atom. The fraction of sp³-hybridized carbons (Fsp3) is 0.400. The third-order valence-electron chi connectivity index (χ3n) is 4.71. The molecule has 2 aromatic carbocycles. The Balaban J connectivity index is 1.69. The van der Waals surface area contributed by atoms with Crippen molar-refractivity contribution in [1.29, 1.82) is 0 Å². The van der Waals surface area contributed by atoms with Crippen LogP contribution >= 0.6 is 0 Å². The third-order valence-corrected chi connectivity index (χ3v) is 4.71. The van der Waals surface area contributed by atoms with E-state index in [1.165, 1.54) is 6.92 Å². The molecule has 2 aromatic rings. The molecule has 0 saturated heterocycles. The van der Waals surface area contributed by atoms with E-state index in [1.54, 1.807) is 19.3 Å². The van der Waals surface area contributed by atoms with Crippen LogP contribution in [0.1, 0.15) is 43.4 Å². The van der Waals surface area contributed by atoms with Gasteiger partial charge in [-0.2, -0.15) is 0 Å². The number of methoxy groups -OCH3 is 1. The number of carbonyl (C=O) groups excluding carboxylic acids is 1. The van der Waals surface area contributed by atoms with E-state index in [-0.39, 0.29) is 12.4 Å². The summed E-state index contributed by atoms with van der Waals surface area (Å²) in [6, 6.07) is 17.0. The van der Waals surface area contributed by atoms with Crippen molar-refractivity contribution in [3.63, 3.8) is 0 Å². The highest BCUT2D eigenvalue weighted by Crippen LogP contribution is 2.20. The Labute approximate surface area is 184 Å². The molecular weight excluding hydrogens is 396 g/mol. The van der Waals surface area contributed by atoms with Gasteiger partial charge in [0, 0.05) is 13.5 Å². The van der Waals surface area contributed by atoms with Gasteiger partial charge in [0.05, 0.1) is 25.9 Å². The number of hydrogen-bond donors (Lipinski definition) is 2. The molecule has 6 nitrogen and oxygen atoms in total. The van der Waals surface area contributed by atoms with Gasteiger partial charge >= 0.3 is 5.97 Å². The lowest BCUT2D eigenvalue weighted by molar-refractivity contribution is -0.144. The average Bonchev–Trinajstić information content (AvgIpc) is 2.77. The van der Waals surface area contributed by atoms with Crippen LogP contribution in [0.4, 0.5) is 0 Å². The fourth-order valence-corrected chi connectivity index (χ4v) is 3.06. The lowest BCUT2D eigenvalue weighted by atomic mass is 10.0. The molecule has 3 atom stereocenters. The number of carbonyl (C=O) groups is 1. The number of benzene rings is 2. The summed E-state index contributed by atoms with van der Waals surface area (Å²) in [5.74, 6) is 0.425. The van der Waals surface area contributed by atoms with Gasteiger partial charge in [-0.15, -0.1) is 0 Å². The standard InChI is InChI=1S/C25H32O6/c1-19(26)31-25(21-7-4-3-5-8-21)10-6-9-22(27)17-23(28)15-16-30-18-20-11-13-24(29-2)14-12-20/h3-8,10-14,22-23,25,27-28H,9,15-18H2,1-2H3/b10-6+/t22-,23+,25+/m0/s1. The van der Waals surface area contributed by atoms with Crippen LogP contribution in [0, 0.1) is 0 Å². The molecule has 0 fully saturated rings. The minimum Gasteiger partial charge on any atom is -0.497 e. The second-order valence-corrected chi connectivity index (χ2v) is 7.34. The molecule has 0 spiro atoms. The van der Waals surface area contributed by atoms with Gasteiger partial charge < -0.3 is 24.4 Å². The van der Waals surface area contributed by atoms with Crippen molar-refractivity contribution in [2.45, 2.75) is 51.1 Å². The van der Waals surface area contributed by atoms with Crippen LogP contribution in [0.3, 0.4) is 0 Å². The summed E-state index contributed by atoms with van der Waals surface area (Å²) in [4.78, 5) is 11.4. The fourth-order valence-electron chi connectivity index (χ4n) is 3.06. The second-order valence-electron chi connectivity index (χ2n) is 7.34. The smallest absolute Gasteiger partial charge is 0.303 e. The van der Waals surface area contributed by atoms with Crippen molar-refractivity contribution in [2.24, 2.45) is 0 Å². The van der Waals surface area contributed by atoms with E-state index in [0.717, 1.165) is 16.9 Å².